The summed E-state index contributed by atoms with van der Waals surface area (Å²) in [6.07, 6.45) is 3.94. The van der Waals surface area contributed by atoms with Crippen molar-refractivity contribution in [2.24, 2.45) is 29.6 Å². The number of fused-ring (bicyclic) bond motifs is 5. The molecular formula is C13H18ClNO3. The molecule has 3 aliphatic carbocycles. The molecule has 0 aromatic carbocycles. The lowest BCUT2D eigenvalue weighted by atomic mass is 10.0. The molecule has 1 amide bonds. The maximum absolute atomic E-state index is 12.0. The van der Waals surface area contributed by atoms with Gasteiger partial charge < -0.3 is 10.1 Å². The van der Waals surface area contributed by atoms with Gasteiger partial charge in [-0.05, 0) is 42.9 Å². The van der Waals surface area contributed by atoms with E-state index in [1.54, 1.807) is 0 Å². The Morgan fingerprint density at radius 3 is 2.50 bits per heavy atom. The van der Waals surface area contributed by atoms with Crippen molar-refractivity contribution in [3.05, 3.63) is 0 Å². The molecule has 3 rings (SSSR count). The molecule has 3 aliphatic rings. The van der Waals surface area contributed by atoms with Gasteiger partial charge in [-0.15, -0.1) is 11.6 Å². The molecular weight excluding hydrogens is 254 g/mol. The quantitative estimate of drug-likeness (QED) is 0.617. The molecule has 2 bridgehead atoms. The van der Waals surface area contributed by atoms with E-state index in [1.807, 2.05) is 0 Å². The summed E-state index contributed by atoms with van der Waals surface area (Å²) in [4.78, 5) is 23.1. The summed E-state index contributed by atoms with van der Waals surface area (Å²) in [5.74, 6) is 2.58. The molecule has 0 aliphatic heterocycles. The van der Waals surface area contributed by atoms with E-state index in [9.17, 15) is 9.59 Å². The number of ether oxygens (including phenoxy) is 1. The van der Waals surface area contributed by atoms with Gasteiger partial charge in [-0.25, -0.2) is 0 Å². The van der Waals surface area contributed by atoms with E-state index < -0.39 is 11.3 Å². The zero-order valence-electron chi connectivity index (χ0n) is 10.4. The third-order valence-corrected chi connectivity index (χ3v) is 5.28. The summed E-state index contributed by atoms with van der Waals surface area (Å²) in [5, 5.41) is 2.00. The molecule has 4 nitrogen and oxygen atoms in total. The number of alkyl halides is 1. The van der Waals surface area contributed by atoms with Crippen LogP contribution in [0.2, 0.25) is 0 Å². The number of carbonyl (C=O) groups is 2. The van der Waals surface area contributed by atoms with E-state index in [0.29, 0.717) is 11.8 Å². The molecule has 0 heterocycles. The maximum atomic E-state index is 12.0. The van der Waals surface area contributed by atoms with Gasteiger partial charge in [0.25, 0.3) is 0 Å². The van der Waals surface area contributed by atoms with Crippen LogP contribution in [-0.4, -0.2) is 30.9 Å². The highest BCUT2D eigenvalue weighted by Gasteiger charge is 2.67. The first kappa shape index (κ1) is 12.3. The molecule has 0 aromatic rings. The van der Waals surface area contributed by atoms with E-state index in [-0.39, 0.29) is 18.4 Å². The summed E-state index contributed by atoms with van der Waals surface area (Å²) in [6.45, 7) is 0.165. The van der Waals surface area contributed by atoms with E-state index in [0.717, 1.165) is 11.8 Å². The minimum absolute atomic E-state index is 0.0798. The lowest BCUT2D eigenvalue weighted by molar-refractivity contribution is -0.140. The summed E-state index contributed by atoms with van der Waals surface area (Å²) in [5.41, 5.74) is 0. The third kappa shape index (κ3) is 1.81. The van der Waals surface area contributed by atoms with Crippen molar-refractivity contribution in [1.82, 2.24) is 5.32 Å². The zero-order chi connectivity index (χ0) is 12.9. The van der Waals surface area contributed by atoms with E-state index in [2.05, 4.69) is 10.1 Å². The lowest BCUT2D eigenvalue weighted by Gasteiger charge is -2.11. The van der Waals surface area contributed by atoms with Gasteiger partial charge in [0.1, 0.15) is 5.38 Å². The molecule has 5 unspecified atom stereocenters. The minimum Gasteiger partial charge on any atom is -0.468 e. The van der Waals surface area contributed by atoms with Gasteiger partial charge in [0.15, 0.2) is 0 Å². The Bertz CT molecular complexity index is 370. The van der Waals surface area contributed by atoms with Gasteiger partial charge in [-0.2, -0.15) is 0 Å². The van der Waals surface area contributed by atoms with Crippen molar-refractivity contribution >= 4 is 23.5 Å². The average molecular weight is 272 g/mol. The predicted octanol–water partition coefficient (Wildman–Crippen LogP) is 1.18. The summed E-state index contributed by atoms with van der Waals surface area (Å²) in [7, 11) is 1.29. The fourth-order valence-electron chi connectivity index (χ4n) is 4.19. The van der Waals surface area contributed by atoms with Crippen LogP contribution in [0, 0.1) is 29.6 Å². The second-order valence-corrected chi connectivity index (χ2v) is 6.28. The first-order valence-electron chi connectivity index (χ1n) is 6.63. The van der Waals surface area contributed by atoms with Gasteiger partial charge in [-0.3, -0.25) is 9.59 Å². The van der Waals surface area contributed by atoms with Crippen molar-refractivity contribution < 1.29 is 14.3 Å². The molecule has 0 aromatic heterocycles. The van der Waals surface area contributed by atoms with E-state index in [1.165, 1.54) is 26.4 Å². The van der Waals surface area contributed by atoms with Gasteiger partial charge in [-0.1, -0.05) is 0 Å². The predicted molar refractivity (Wildman–Crippen MR) is 66.0 cm³/mol. The number of methoxy groups -OCH3 is 1. The van der Waals surface area contributed by atoms with Crippen molar-refractivity contribution in [1.29, 1.82) is 0 Å². The maximum Gasteiger partial charge on any atom is 0.325 e. The molecule has 5 heteroatoms. The van der Waals surface area contributed by atoms with Gasteiger partial charge in [0.2, 0.25) is 5.91 Å². The molecule has 18 heavy (non-hydrogen) atoms. The highest BCUT2D eigenvalue weighted by molar-refractivity contribution is 6.30. The molecule has 3 saturated carbocycles. The Labute approximate surface area is 111 Å². The number of nitrogens with one attached hydrogen (secondary N) is 1. The summed E-state index contributed by atoms with van der Waals surface area (Å²) < 4.78 is 4.52. The fraction of sp³-hybridized carbons (Fsp3) is 0.846. The van der Waals surface area contributed by atoms with Crippen LogP contribution in [0.1, 0.15) is 19.3 Å². The van der Waals surface area contributed by atoms with Gasteiger partial charge in [0, 0.05) is 12.5 Å². The van der Waals surface area contributed by atoms with Crippen molar-refractivity contribution in [3.63, 3.8) is 0 Å². The first-order chi connectivity index (χ1) is 8.63. The normalized spacial score (nSPS) is 41.1. The number of halogens is 1. The van der Waals surface area contributed by atoms with Crippen LogP contribution >= 0.6 is 11.6 Å². The molecule has 100 valence electrons. The van der Waals surface area contributed by atoms with Crippen LogP contribution in [0.5, 0.6) is 0 Å². The molecule has 0 spiro atoms. The molecule has 0 radical (unpaired) electrons. The Morgan fingerprint density at radius 2 is 1.94 bits per heavy atom. The van der Waals surface area contributed by atoms with Crippen LogP contribution < -0.4 is 5.32 Å². The molecule has 1 N–H and O–H groups in total. The monoisotopic (exact) mass is 271 g/mol. The molecule has 0 saturated heterocycles. The third-order valence-electron chi connectivity index (χ3n) is 4.95. The first-order valence-corrected chi connectivity index (χ1v) is 7.06. The second-order valence-electron chi connectivity index (χ2n) is 5.75. The number of amides is 1. The number of rotatable bonds is 4. The number of carbonyl (C=O) groups excluding carboxylic acids is 2. The van der Waals surface area contributed by atoms with E-state index in [4.69, 9.17) is 11.6 Å². The van der Waals surface area contributed by atoms with Gasteiger partial charge in [0.05, 0.1) is 7.11 Å². The number of hydrogen-bond acceptors (Lipinski definition) is 3. The highest BCUT2D eigenvalue weighted by atomic mass is 35.5. The van der Waals surface area contributed by atoms with Crippen LogP contribution in [0.4, 0.5) is 0 Å². The number of hydrogen-bond donors (Lipinski definition) is 1. The Kier molecular flexibility index (Phi) is 3.00. The molecule has 5 atom stereocenters. The van der Waals surface area contributed by atoms with Crippen LogP contribution in [0.15, 0.2) is 0 Å². The molecule has 3 fully saturated rings. The average Bonchev–Trinajstić information content (AvgIpc) is 2.83. The standard InChI is InChI=1S/C13H18ClNO3/c1-18-13(17)8(14)5-15-12(16)11-9-6-2-3-7(4-6)10(9)11/h6-11H,2-5H2,1H3,(H,15,16). The number of esters is 1. The SMILES string of the molecule is COC(=O)C(Cl)CNC(=O)C1C2C3CCC(C3)C12. The van der Waals surface area contributed by atoms with Crippen molar-refractivity contribution in [2.75, 3.05) is 13.7 Å². The van der Waals surface area contributed by atoms with Crippen LogP contribution in [0.25, 0.3) is 0 Å². The fourth-order valence-corrected chi connectivity index (χ4v) is 4.36. The summed E-state index contributed by atoms with van der Waals surface area (Å²) >= 11 is 5.80. The Morgan fingerprint density at radius 1 is 1.33 bits per heavy atom. The Balaban J connectivity index is 1.48. The van der Waals surface area contributed by atoms with Gasteiger partial charge >= 0.3 is 5.97 Å². The van der Waals surface area contributed by atoms with Crippen molar-refractivity contribution in [2.45, 2.75) is 24.6 Å². The smallest absolute Gasteiger partial charge is 0.325 e. The van der Waals surface area contributed by atoms with Crippen LogP contribution in [0.3, 0.4) is 0 Å². The zero-order valence-corrected chi connectivity index (χ0v) is 11.2. The lowest BCUT2D eigenvalue weighted by Crippen LogP contribution is -2.36. The van der Waals surface area contributed by atoms with Crippen molar-refractivity contribution in [3.8, 4) is 0 Å². The minimum atomic E-state index is -0.783. The van der Waals surface area contributed by atoms with E-state index >= 15 is 0 Å². The second kappa shape index (κ2) is 4.41. The topological polar surface area (TPSA) is 55.4 Å². The Hall–Kier alpha value is -0.770. The van der Waals surface area contributed by atoms with Crippen LogP contribution in [-0.2, 0) is 14.3 Å². The summed E-state index contributed by atoms with van der Waals surface area (Å²) in [6, 6.07) is 0. The largest absolute Gasteiger partial charge is 0.468 e. The highest BCUT2D eigenvalue weighted by Crippen LogP contribution is 2.69.